The fourth-order valence-corrected chi connectivity index (χ4v) is 1.05. The van der Waals surface area contributed by atoms with Gasteiger partial charge in [-0.25, -0.2) is 0 Å². The molecule has 0 amide bonds. The van der Waals surface area contributed by atoms with Crippen LogP contribution in [0, 0.1) is 0 Å². The first-order chi connectivity index (χ1) is 5.72. The summed E-state index contributed by atoms with van der Waals surface area (Å²) < 4.78 is 0. The van der Waals surface area contributed by atoms with E-state index in [0.29, 0.717) is 11.4 Å². The second-order valence-corrected chi connectivity index (χ2v) is 2.59. The molecule has 0 aliphatic heterocycles. The topological polar surface area (TPSA) is 58.2 Å². The molecule has 4 heteroatoms. The second kappa shape index (κ2) is 3.38. The summed E-state index contributed by atoms with van der Waals surface area (Å²) in [6.07, 6.45) is 0.933. The van der Waals surface area contributed by atoms with Crippen molar-refractivity contribution in [1.29, 1.82) is 0 Å². The van der Waals surface area contributed by atoms with E-state index in [-0.39, 0.29) is 0 Å². The van der Waals surface area contributed by atoms with Crippen molar-refractivity contribution in [3.8, 4) is 0 Å². The standard InChI is InChI=1S/C8H12N2O2/c1-3-4-10-6-5(9-2)7(11)8(6)12/h9-10H,3-4H2,1-2H3. The van der Waals surface area contributed by atoms with Gasteiger partial charge >= 0.3 is 0 Å². The maximum absolute atomic E-state index is 10.9. The highest BCUT2D eigenvalue weighted by Gasteiger charge is 2.18. The molecule has 1 aromatic rings. The van der Waals surface area contributed by atoms with Crippen LogP contribution in [0.4, 0.5) is 11.4 Å². The number of nitrogens with one attached hydrogen (secondary N) is 2. The van der Waals surface area contributed by atoms with Crippen LogP contribution in [0.1, 0.15) is 13.3 Å². The highest BCUT2D eigenvalue weighted by Crippen LogP contribution is 2.12. The van der Waals surface area contributed by atoms with Crippen molar-refractivity contribution in [3.63, 3.8) is 0 Å². The molecular weight excluding hydrogens is 156 g/mol. The van der Waals surface area contributed by atoms with Crippen molar-refractivity contribution in [1.82, 2.24) is 0 Å². The molecule has 4 nitrogen and oxygen atoms in total. The van der Waals surface area contributed by atoms with Crippen molar-refractivity contribution in [2.75, 3.05) is 24.2 Å². The maximum Gasteiger partial charge on any atom is 0.253 e. The highest BCUT2D eigenvalue weighted by molar-refractivity contribution is 5.73. The first kappa shape index (κ1) is 8.77. The second-order valence-electron chi connectivity index (χ2n) is 2.59. The summed E-state index contributed by atoms with van der Waals surface area (Å²) in [5.74, 6) is 0. The Bertz CT molecular complexity index is 337. The Morgan fingerprint density at radius 2 is 1.75 bits per heavy atom. The molecule has 0 saturated heterocycles. The molecule has 0 saturated carbocycles. The van der Waals surface area contributed by atoms with E-state index in [4.69, 9.17) is 0 Å². The van der Waals surface area contributed by atoms with Crippen LogP contribution in [0.2, 0.25) is 0 Å². The first-order valence-corrected chi connectivity index (χ1v) is 3.97. The van der Waals surface area contributed by atoms with Crippen LogP contribution >= 0.6 is 0 Å². The average molecular weight is 168 g/mol. The summed E-state index contributed by atoms with van der Waals surface area (Å²) >= 11 is 0. The molecule has 12 heavy (non-hydrogen) atoms. The molecule has 1 aromatic carbocycles. The molecule has 0 atom stereocenters. The zero-order chi connectivity index (χ0) is 9.14. The quantitative estimate of drug-likeness (QED) is 0.628. The smallest absolute Gasteiger partial charge is 0.253 e. The lowest BCUT2D eigenvalue weighted by Gasteiger charge is -2.10. The lowest BCUT2D eigenvalue weighted by atomic mass is 10.2. The van der Waals surface area contributed by atoms with Gasteiger partial charge in [-0.15, -0.1) is 0 Å². The summed E-state index contributed by atoms with van der Waals surface area (Å²) in [4.78, 5) is 21.8. The molecule has 0 fully saturated rings. The third kappa shape index (κ3) is 1.20. The monoisotopic (exact) mass is 168 g/mol. The van der Waals surface area contributed by atoms with Crippen molar-refractivity contribution in [3.05, 3.63) is 20.4 Å². The Morgan fingerprint density at radius 3 is 2.25 bits per heavy atom. The van der Waals surface area contributed by atoms with E-state index in [0.717, 1.165) is 13.0 Å². The van der Waals surface area contributed by atoms with Crippen molar-refractivity contribution < 1.29 is 0 Å². The molecule has 0 aliphatic carbocycles. The van der Waals surface area contributed by atoms with Gasteiger partial charge in [-0.3, -0.25) is 9.59 Å². The van der Waals surface area contributed by atoms with E-state index in [9.17, 15) is 9.59 Å². The average Bonchev–Trinajstić information content (AvgIpc) is 2.10. The minimum Gasteiger partial charge on any atom is -0.383 e. The molecule has 1 rings (SSSR count). The van der Waals surface area contributed by atoms with Crippen LogP contribution in [0.5, 0.6) is 0 Å². The van der Waals surface area contributed by atoms with Gasteiger partial charge in [-0.2, -0.15) is 0 Å². The molecule has 0 heterocycles. The lowest BCUT2D eigenvalue weighted by molar-refractivity contribution is 0.974. The molecule has 0 aliphatic rings. The Morgan fingerprint density at radius 1 is 1.17 bits per heavy atom. The Labute approximate surface area is 70.3 Å². The SMILES string of the molecule is CCCNc1c(NC)c(=O)c1=O. The van der Waals surface area contributed by atoms with Crippen LogP contribution in [0.15, 0.2) is 9.59 Å². The van der Waals surface area contributed by atoms with Gasteiger partial charge in [0, 0.05) is 13.6 Å². The van der Waals surface area contributed by atoms with E-state index in [2.05, 4.69) is 10.6 Å². The molecule has 0 unspecified atom stereocenters. The summed E-state index contributed by atoms with van der Waals surface area (Å²) in [6, 6.07) is 0. The van der Waals surface area contributed by atoms with Crippen molar-refractivity contribution >= 4 is 11.4 Å². The Kier molecular flexibility index (Phi) is 2.47. The predicted molar refractivity (Wildman–Crippen MR) is 49.7 cm³/mol. The molecular formula is C8H12N2O2. The number of hydrogen-bond donors (Lipinski definition) is 2. The third-order valence-electron chi connectivity index (χ3n) is 1.71. The minimum absolute atomic E-state index is 0.409. The highest BCUT2D eigenvalue weighted by atomic mass is 16.2. The molecule has 0 spiro atoms. The van der Waals surface area contributed by atoms with Crippen LogP contribution in [-0.2, 0) is 0 Å². The van der Waals surface area contributed by atoms with Gasteiger partial charge in [0.1, 0.15) is 11.4 Å². The normalized spacial score (nSPS) is 10.2. The Balaban J connectivity index is 2.79. The van der Waals surface area contributed by atoms with E-state index >= 15 is 0 Å². The summed E-state index contributed by atoms with van der Waals surface area (Å²) in [5.41, 5.74) is 0.0155. The summed E-state index contributed by atoms with van der Waals surface area (Å²) in [6.45, 7) is 2.72. The minimum atomic E-state index is -0.420. The molecule has 0 aromatic heterocycles. The van der Waals surface area contributed by atoms with Gasteiger partial charge < -0.3 is 10.6 Å². The van der Waals surface area contributed by atoms with Crippen LogP contribution in [-0.4, -0.2) is 13.6 Å². The van der Waals surface area contributed by atoms with Crippen molar-refractivity contribution in [2.24, 2.45) is 0 Å². The third-order valence-corrected chi connectivity index (χ3v) is 1.71. The fourth-order valence-electron chi connectivity index (χ4n) is 1.05. The first-order valence-electron chi connectivity index (χ1n) is 3.97. The van der Waals surface area contributed by atoms with Gasteiger partial charge in [-0.05, 0) is 6.42 Å². The zero-order valence-electron chi connectivity index (χ0n) is 7.23. The molecule has 0 radical (unpaired) electrons. The maximum atomic E-state index is 10.9. The fraction of sp³-hybridized carbons (Fsp3) is 0.500. The Hall–Kier alpha value is -1.32. The molecule has 2 N–H and O–H groups in total. The van der Waals surface area contributed by atoms with Gasteiger partial charge in [0.25, 0.3) is 10.9 Å². The summed E-state index contributed by atoms with van der Waals surface area (Å²) in [5, 5.41) is 5.58. The van der Waals surface area contributed by atoms with E-state index in [1.807, 2.05) is 6.92 Å². The molecule has 0 bridgehead atoms. The van der Waals surface area contributed by atoms with Gasteiger partial charge in [0.2, 0.25) is 0 Å². The van der Waals surface area contributed by atoms with Gasteiger partial charge in [0.15, 0.2) is 0 Å². The summed E-state index contributed by atoms with van der Waals surface area (Å²) in [7, 11) is 1.63. The van der Waals surface area contributed by atoms with E-state index in [1.165, 1.54) is 0 Å². The zero-order valence-corrected chi connectivity index (χ0v) is 7.23. The largest absolute Gasteiger partial charge is 0.383 e. The number of rotatable bonds is 4. The van der Waals surface area contributed by atoms with Gasteiger partial charge in [-0.1, -0.05) is 6.92 Å². The van der Waals surface area contributed by atoms with Crippen LogP contribution in [0.25, 0.3) is 0 Å². The van der Waals surface area contributed by atoms with E-state index < -0.39 is 10.9 Å². The van der Waals surface area contributed by atoms with Gasteiger partial charge in [0.05, 0.1) is 0 Å². The van der Waals surface area contributed by atoms with Crippen LogP contribution in [0.3, 0.4) is 0 Å². The molecule has 66 valence electrons. The predicted octanol–water partition coefficient (Wildman–Crippen LogP) is 0.146. The lowest BCUT2D eigenvalue weighted by Crippen LogP contribution is -2.36. The number of anilines is 2. The number of hydrogen-bond acceptors (Lipinski definition) is 4. The van der Waals surface area contributed by atoms with Crippen molar-refractivity contribution in [2.45, 2.75) is 13.3 Å². The van der Waals surface area contributed by atoms with E-state index in [1.54, 1.807) is 7.05 Å². The van der Waals surface area contributed by atoms with Crippen LogP contribution < -0.4 is 21.5 Å².